The quantitative estimate of drug-likeness (QED) is 0.293. The lowest BCUT2D eigenvalue weighted by molar-refractivity contribution is 0.282. The van der Waals surface area contributed by atoms with Crippen LogP contribution >= 0.6 is 0 Å². The maximum atomic E-state index is 12.1. The monoisotopic (exact) mass is 292 g/mol. The van der Waals surface area contributed by atoms with E-state index < -0.39 is 15.6 Å². The van der Waals surface area contributed by atoms with Crippen molar-refractivity contribution in [3.05, 3.63) is 0 Å². The molecule has 112 valence electrons. The summed E-state index contributed by atoms with van der Waals surface area (Å²) in [6.45, 7) is 6.73. The molecule has 0 aromatic heterocycles. The number of piperidine rings is 1. The molecule has 0 radical (unpaired) electrons. The normalized spacial score (nSPS) is 20.7. The van der Waals surface area contributed by atoms with Gasteiger partial charge in [-0.2, -0.15) is 12.7 Å². The molecule has 4 N–H and O–H groups in total. The van der Waals surface area contributed by atoms with Crippen LogP contribution in [0.4, 0.5) is 0 Å². The second-order valence-electron chi connectivity index (χ2n) is 5.78. The van der Waals surface area contributed by atoms with Gasteiger partial charge in [-0.3, -0.25) is 0 Å². The maximum absolute atomic E-state index is 12.1. The van der Waals surface area contributed by atoms with Gasteiger partial charge in [0.25, 0.3) is 10.2 Å². The highest BCUT2D eigenvalue weighted by Crippen LogP contribution is 2.19. The van der Waals surface area contributed by atoms with Gasteiger partial charge in [-0.05, 0) is 18.8 Å². The maximum Gasteiger partial charge on any atom is 0.279 e. The first kappa shape index (κ1) is 16.2. The molecule has 19 heavy (non-hydrogen) atoms. The van der Waals surface area contributed by atoms with Crippen LogP contribution in [0.5, 0.6) is 0 Å². The first-order valence-corrected chi connectivity index (χ1v) is 7.86. The Bertz CT molecular complexity index is 425. The lowest BCUT2D eigenvalue weighted by Gasteiger charge is -2.31. The Morgan fingerprint density at radius 1 is 1.47 bits per heavy atom. The van der Waals surface area contributed by atoms with Gasteiger partial charge in [-0.1, -0.05) is 25.9 Å². The number of nitrogens with two attached hydrogens (primary N) is 1. The van der Waals surface area contributed by atoms with Crippen LogP contribution < -0.4 is 10.5 Å². The van der Waals surface area contributed by atoms with E-state index >= 15 is 0 Å². The minimum atomic E-state index is -3.49. The van der Waals surface area contributed by atoms with E-state index in [1.807, 2.05) is 0 Å². The number of nitrogens with zero attached hydrogens (tertiary/aromatic N) is 2. The van der Waals surface area contributed by atoms with Crippen molar-refractivity contribution in [2.75, 3.05) is 19.6 Å². The molecule has 1 aliphatic heterocycles. The van der Waals surface area contributed by atoms with Gasteiger partial charge in [0, 0.05) is 25.0 Å². The fourth-order valence-corrected chi connectivity index (χ4v) is 3.23. The SMILES string of the molecule is CC1CCN(S(=O)(=O)NCC(C)(C)C(N)=NO)CC1. The van der Waals surface area contributed by atoms with Crippen molar-refractivity contribution in [1.29, 1.82) is 0 Å². The van der Waals surface area contributed by atoms with E-state index in [0.717, 1.165) is 12.8 Å². The van der Waals surface area contributed by atoms with E-state index in [-0.39, 0.29) is 12.4 Å². The fourth-order valence-electron chi connectivity index (χ4n) is 1.81. The second kappa shape index (κ2) is 6.06. The van der Waals surface area contributed by atoms with E-state index in [1.165, 1.54) is 4.31 Å². The molecule has 1 aliphatic rings. The summed E-state index contributed by atoms with van der Waals surface area (Å²) >= 11 is 0. The molecule has 1 saturated heterocycles. The van der Waals surface area contributed by atoms with Crippen LogP contribution in [0.15, 0.2) is 5.16 Å². The Hall–Kier alpha value is -0.860. The van der Waals surface area contributed by atoms with Crippen molar-refractivity contribution in [2.45, 2.75) is 33.6 Å². The van der Waals surface area contributed by atoms with Crippen LogP contribution in [0.25, 0.3) is 0 Å². The first-order chi connectivity index (χ1) is 8.69. The molecule has 0 aromatic carbocycles. The molecule has 0 unspecified atom stereocenters. The number of nitrogens with one attached hydrogen (secondary N) is 1. The van der Waals surface area contributed by atoms with Gasteiger partial charge in [-0.15, -0.1) is 0 Å². The Kier molecular flexibility index (Phi) is 5.17. The third-order valence-electron chi connectivity index (χ3n) is 3.58. The standard InChI is InChI=1S/C11H24N4O3S/c1-9-4-6-15(7-5-9)19(17,18)13-8-11(2,3)10(12)14-16/h9,13,16H,4-8H2,1-3H3,(H2,12,14). The van der Waals surface area contributed by atoms with Gasteiger partial charge < -0.3 is 10.9 Å². The lowest BCUT2D eigenvalue weighted by atomic mass is 9.93. The highest BCUT2D eigenvalue weighted by molar-refractivity contribution is 7.87. The van der Waals surface area contributed by atoms with Crippen LogP contribution in [0, 0.1) is 11.3 Å². The summed E-state index contributed by atoms with van der Waals surface area (Å²) in [6, 6.07) is 0. The molecular formula is C11H24N4O3S. The minimum Gasteiger partial charge on any atom is -0.409 e. The van der Waals surface area contributed by atoms with E-state index in [0.29, 0.717) is 19.0 Å². The Morgan fingerprint density at radius 3 is 2.47 bits per heavy atom. The molecule has 7 nitrogen and oxygen atoms in total. The van der Waals surface area contributed by atoms with Crippen LogP contribution in [-0.4, -0.2) is 43.4 Å². The van der Waals surface area contributed by atoms with Gasteiger partial charge >= 0.3 is 0 Å². The van der Waals surface area contributed by atoms with E-state index in [4.69, 9.17) is 10.9 Å². The number of hydrogen-bond donors (Lipinski definition) is 3. The predicted octanol–water partition coefficient (Wildman–Crippen LogP) is 0.325. The summed E-state index contributed by atoms with van der Waals surface area (Å²) in [5, 5.41) is 11.6. The molecule has 0 aromatic rings. The van der Waals surface area contributed by atoms with E-state index in [9.17, 15) is 8.42 Å². The van der Waals surface area contributed by atoms with Crippen molar-refractivity contribution in [2.24, 2.45) is 22.2 Å². The first-order valence-electron chi connectivity index (χ1n) is 6.42. The highest BCUT2D eigenvalue weighted by Gasteiger charge is 2.30. The van der Waals surface area contributed by atoms with Gasteiger partial charge in [0.15, 0.2) is 0 Å². The van der Waals surface area contributed by atoms with Crippen LogP contribution in [-0.2, 0) is 10.2 Å². The molecule has 0 amide bonds. The number of rotatable bonds is 5. The molecule has 1 heterocycles. The summed E-state index contributed by atoms with van der Waals surface area (Å²) in [5.74, 6) is 0.572. The van der Waals surface area contributed by atoms with Crippen molar-refractivity contribution in [3.63, 3.8) is 0 Å². The third kappa shape index (κ3) is 4.32. The Balaban J connectivity index is 2.61. The molecule has 1 rings (SSSR count). The molecule has 0 atom stereocenters. The predicted molar refractivity (Wildman–Crippen MR) is 74.1 cm³/mol. The summed E-state index contributed by atoms with van der Waals surface area (Å²) in [5.41, 5.74) is 4.80. The van der Waals surface area contributed by atoms with E-state index in [1.54, 1.807) is 13.8 Å². The summed E-state index contributed by atoms with van der Waals surface area (Å²) in [6.07, 6.45) is 1.76. The molecule has 0 spiro atoms. The van der Waals surface area contributed by atoms with E-state index in [2.05, 4.69) is 16.8 Å². The molecule has 8 heteroatoms. The molecule has 0 saturated carbocycles. The highest BCUT2D eigenvalue weighted by atomic mass is 32.2. The lowest BCUT2D eigenvalue weighted by Crippen LogP contribution is -2.49. The smallest absolute Gasteiger partial charge is 0.279 e. The Morgan fingerprint density at radius 2 is 2.00 bits per heavy atom. The van der Waals surface area contributed by atoms with Gasteiger partial charge in [0.1, 0.15) is 5.84 Å². The summed E-state index contributed by atoms with van der Waals surface area (Å²) in [4.78, 5) is 0. The van der Waals surface area contributed by atoms with Crippen molar-refractivity contribution >= 4 is 16.0 Å². The second-order valence-corrected chi connectivity index (χ2v) is 7.53. The van der Waals surface area contributed by atoms with Gasteiger partial charge in [-0.25, -0.2) is 4.72 Å². The van der Waals surface area contributed by atoms with Crippen molar-refractivity contribution in [3.8, 4) is 0 Å². The van der Waals surface area contributed by atoms with Crippen molar-refractivity contribution in [1.82, 2.24) is 9.03 Å². The number of hydrogen-bond acceptors (Lipinski definition) is 4. The molecule has 0 aliphatic carbocycles. The Labute approximate surface area is 115 Å². The molecular weight excluding hydrogens is 268 g/mol. The topological polar surface area (TPSA) is 108 Å². The summed E-state index contributed by atoms with van der Waals surface area (Å²) in [7, 11) is -3.49. The minimum absolute atomic E-state index is 0.00228. The number of oxime groups is 1. The van der Waals surface area contributed by atoms with Crippen LogP contribution in [0.2, 0.25) is 0 Å². The molecule has 1 fully saturated rings. The third-order valence-corrected chi connectivity index (χ3v) is 5.13. The van der Waals surface area contributed by atoms with Crippen LogP contribution in [0.1, 0.15) is 33.6 Å². The average molecular weight is 292 g/mol. The zero-order chi connectivity index (χ0) is 14.7. The molecule has 0 bridgehead atoms. The fraction of sp³-hybridized carbons (Fsp3) is 0.909. The number of amidine groups is 1. The largest absolute Gasteiger partial charge is 0.409 e. The zero-order valence-corrected chi connectivity index (χ0v) is 12.6. The zero-order valence-electron chi connectivity index (χ0n) is 11.8. The van der Waals surface area contributed by atoms with Crippen molar-refractivity contribution < 1.29 is 13.6 Å². The van der Waals surface area contributed by atoms with Gasteiger partial charge in [0.05, 0.1) is 0 Å². The van der Waals surface area contributed by atoms with Gasteiger partial charge in [0.2, 0.25) is 0 Å². The van der Waals surface area contributed by atoms with Crippen LogP contribution in [0.3, 0.4) is 0 Å². The summed E-state index contributed by atoms with van der Waals surface area (Å²) < 4.78 is 28.2. The average Bonchev–Trinajstić information content (AvgIpc) is 2.36.